The van der Waals surface area contributed by atoms with Crippen molar-refractivity contribution < 1.29 is 17.9 Å². The predicted octanol–water partition coefficient (Wildman–Crippen LogP) is 1.92. The molecule has 0 aliphatic heterocycles. The van der Waals surface area contributed by atoms with E-state index in [9.17, 15) is 13.2 Å². The Morgan fingerprint density at radius 2 is 1.62 bits per heavy atom. The van der Waals surface area contributed by atoms with E-state index >= 15 is 0 Å². The third-order valence-electron chi connectivity index (χ3n) is 1.77. The highest BCUT2D eigenvalue weighted by Gasteiger charge is 2.20. The first kappa shape index (κ1) is 10.3. The number of halogens is 3. The van der Waals surface area contributed by atoms with Crippen LogP contribution < -0.4 is 10.0 Å². The molecule has 0 bridgehead atoms. The van der Waals surface area contributed by atoms with Crippen LogP contribution in [-0.2, 0) is 0 Å². The van der Waals surface area contributed by atoms with Crippen LogP contribution in [0.1, 0.15) is 5.56 Å². The summed E-state index contributed by atoms with van der Waals surface area (Å²) in [6, 6.07) is 0. The Morgan fingerprint density at radius 3 is 2.08 bits per heavy atom. The lowest BCUT2D eigenvalue weighted by molar-refractivity contribution is 0.347. The fourth-order valence-corrected chi connectivity index (χ4v) is 1.20. The minimum Gasteiger partial charge on any atom is -0.491 e. The van der Waals surface area contributed by atoms with Crippen molar-refractivity contribution in [2.75, 3.05) is 7.11 Å². The summed E-state index contributed by atoms with van der Waals surface area (Å²) < 4.78 is 43.5. The lowest BCUT2D eigenvalue weighted by atomic mass is 10.2. The maximum absolute atomic E-state index is 13.2. The summed E-state index contributed by atoms with van der Waals surface area (Å²) in [5, 5.41) is -0.0178. The summed E-state index contributed by atoms with van der Waals surface area (Å²) >= 11 is 0. The van der Waals surface area contributed by atoms with E-state index < -0.39 is 23.2 Å². The van der Waals surface area contributed by atoms with Gasteiger partial charge in [0.25, 0.3) is 0 Å². The molecule has 1 atom stereocenters. The zero-order chi connectivity index (χ0) is 10.2. The maximum atomic E-state index is 13.2. The molecule has 1 aromatic rings. The van der Waals surface area contributed by atoms with Gasteiger partial charge in [0.05, 0.1) is 7.11 Å². The zero-order valence-corrected chi connectivity index (χ0v) is 8.27. The van der Waals surface area contributed by atoms with Crippen LogP contribution >= 0.6 is 9.24 Å². The van der Waals surface area contributed by atoms with Gasteiger partial charge >= 0.3 is 0 Å². The second-order valence-corrected chi connectivity index (χ2v) is 3.09. The summed E-state index contributed by atoms with van der Waals surface area (Å²) in [5.41, 5.74) is -0.0687. The van der Waals surface area contributed by atoms with Gasteiger partial charge in [0.1, 0.15) is 0 Å². The highest BCUT2D eigenvalue weighted by Crippen LogP contribution is 2.25. The molecule has 5 heteroatoms. The van der Waals surface area contributed by atoms with Crippen molar-refractivity contribution in [3.8, 4) is 5.75 Å². The minimum absolute atomic E-state index is 0.0178. The topological polar surface area (TPSA) is 9.23 Å². The van der Waals surface area contributed by atoms with Gasteiger partial charge in [-0.1, -0.05) is 0 Å². The third kappa shape index (κ3) is 1.51. The van der Waals surface area contributed by atoms with E-state index in [0.717, 1.165) is 7.11 Å². The molecular weight excluding hydrogens is 200 g/mol. The van der Waals surface area contributed by atoms with Crippen molar-refractivity contribution in [2.24, 2.45) is 0 Å². The number of rotatable bonds is 1. The molecule has 0 aromatic heterocycles. The number of hydrogen-bond acceptors (Lipinski definition) is 1. The summed E-state index contributed by atoms with van der Waals surface area (Å²) in [7, 11) is 3.09. The smallest absolute Gasteiger partial charge is 0.203 e. The zero-order valence-electron chi connectivity index (χ0n) is 7.12. The molecule has 0 heterocycles. The van der Waals surface area contributed by atoms with Crippen molar-refractivity contribution in [2.45, 2.75) is 6.92 Å². The molecule has 0 fully saturated rings. The molecule has 0 N–H and O–H groups in total. The molecule has 1 nitrogen and oxygen atoms in total. The number of methoxy groups -OCH3 is 1. The Kier molecular flexibility index (Phi) is 2.81. The molecule has 0 saturated heterocycles. The highest BCUT2D eigenvalue weighted by atomic mass is 31.0. The van der Waals surface area contributed by atoms with Gasteiger partial charge in [-0.05, 0) is 12.5 Å². The summed E-state index contributed by atoms with van der Waals surface area (Å²) in [4.78, 5) is 0. The summed E-state index contributed by atoms with van der Waals surface area (Å²) in [5.74, 6) is -3.94. The van der Waals surface area contributed by atoms with Crippen molar-refractivity contribution in [3.63, 3.8) is 0 Å². The van der Waals surface area contributed by atoms with Gasteiger partial charge in [0.15, 0.2) is 17.4 Å². The maximum Gasteiger partial charge on any atom is 0.203 e. The normalized spacial score (nSPS) is 10.3. The number of hydrogen-bond donors (Lipinski definition) is 0. The average Bonchev–Trinajstić information content (AvgIpc) is 2.13. The van der Waals surface area contributed by atoms with Crippen LogP contribution in [0.15, 0.2) is 0 Å². The van der Waals surface area contributed by atoms with Crippen LogP contribution in [0, 0.1) is 24.4 Å². The second-order valence-electron chi connectivity index (χ2n) is 2.51. The van der Waals surface area contributed by atoms with Crippen LogP contribution in [0.5, 0.6) is 5.75 Å². The molecule has 1 rings (SSSR count). The van der Waals surface area contributed by atoms with Crippen LogP contribution in [0.2, 0.25) is 0 Å². The lowest BCUT2D eigenvalue weighted by Gasteiger charge is -2.09. The summed E-state index contributed by atoms with van der Waals surface area (Å²) in [6.07, 6.45) is 0. The fourth-order valence-electron chi connectivity index (χ4n) is 0.945. The van der Waals surface area contributed by atoms with E-state index in [0.29, 0.717) is 0 Å². The van der Waals surface area contributed by atoms with E-state index in [2.05, 4.69) is 4.74 Å². The fraction of sp³-hybridized carbons (Fsp3) is 0.250. The average molecular weight is 208 g/mol. The molecule has 0 radical (unpaired) electrons. The van der Waals surface area contributed by atoms with Gasteiger partial charge in [-0.3, -0.25) is 0 Å². The first-order valence-corrected chi connectivity index (χ1v) is 4.05. The van der Waals surface area contributed by atoms with Gasteiger partial charge in [-0.2, -0.15) is 4.39 Å². The van der Waals surface area contributed by atoms with Gasteiger partial charge in [-0.25, -0.2) is 8.78 Å². The molecule has 72 valence electrons. The first-order valence-electron chi connectivity index (χ1n) is 3.47. The van der Waals surface area contributed by atoms with Gasteiger partial charge in [0, 0.05) is 5.30 Å². The molecular formula is C8H8F3OP. The van der Waals surface area contributed by atoms with Crippen molar-refractivity contribution in [1.82, 2.24) is 0 Å². The Hall–Kier alpha value is -0.760. The first-order chi connectivity index (χ1) is 6.00. The van der Waals surface area contributed by atoms with Crippen LogP contribution in [0.25, 0.3) is 0 Å². The van der Waals surface area contributed by atoms with Crippen LogP contribution in [-0.4, -0.2) is 7.11 Å². The Labute approximate surface area is 76.1 Å². The quantitative estimate of drug-likeness (QED) is 0.506. The molecule has 1 aromatic carbocycles. The molecule has 0 amide bonds. The minimum atomic E-state index is -1.29. The van der Waals surface area contributed by atoms with E-state index in [1.807, 2.05) is 9.24 Å². The predicted molar refractivity (Wildman–Crippen MR) is 46.9 cm³/mol. The molecule has 0 spiro atoms. The molecule has 1 unspecified atom stereocenters. The molecule has 0 aliphatic carbocycles. The van der Waals surface area contributed by atoms with E-state index in [1.54, 1.807) is 0 Å². The Bertz CT molecular complexity index is 323. The SMILES string of the molecule is COc1c(F)c(F)c(C)c(P)c1F. The van der Waals surface area contributed by atoms with Crippen LogP contribution in [0.4, 0.5) is 13.2 Å². The standard InChI is InChI=1S/C8H8F3OP/c1-3-4(9)5(10)7(12-2)6(11)8(3)13/h13H2,1-2H3. The van der Waals surface area contributed by atoms with Gasteiger partial charge < -0.3 is 4.74 Å². The van der Waals surface area contributed by atoms with Crippen molar-refractivity contribution in [3.05, 3.63) is 23.0 Å². The second kappa shape index (κ2) is 3.54. The van der Waals surface area contributed by atoms with Gasteiger partial charge in [0.2, 0.25) is 5.82 Å². The molecule has 0 saturated carbocycles. The van der Waals surface area contributed by atoms with E-state index in [-0.39, 0.29) is 10.9 Å². The lowest BCUT2D eigenvalue weighted by Crippen LogP contribution is -2.11. The number of benzene rings is 1. The van der Waals surface area contributed by atoms with Crippen molar-refractivity contribution in [1.29, 1.82) is 0 Å². The third-order valence-corrected chi connectivity index (χ3v) is 2.45. The Morgan fingerprint density at radius 1 is 1.08 bits per heavy atom. The Balaban J connectivity index is 3.56. The van der Waals surface area contributed by atoms with Crippen LogP contribution in [0.3, 0.4) is 0 Å². The number of ether oxygens (including phenoxy) is 1. The van der Waals surface area contributed by atoms with Crippen molar-refractivity contribution >= 4 is 14.5 Å². The molecule has 0 aliphatic rings. The molecule has 13 heavy (non-hydrogen) atoms. The van der Waals surface area contributed by atoms with E-state index in [4.69, 9.17) is 0 Å². The monoisotopic (exact) mass is 208 g/mol. The van der Waals surface area contributed by atoms with E-state index in [1.165, 1.54) is 6.92 Å². The highest BCUT2D eigenvalue weighted by molar-refractivity contribution is 7.27. The summed E-state index contributed by atoms with van der Waals surface area (Å²) in [6.45, 7) is 1.29. The largest absolute Gasteiger partial charge is 0.491 e. The van der Waals surface area contributed by atoms with Gasteiger partial charge in [-0.15, -0.1) is 9.24 Å².